The highest BCUT2D eigenvalue weighted by Crippen LogP contribution is 2.37. The molecule has 3 rings (SSSR count). The minimum Gasteiger partial charge on any atom is -0.299 e. The van der Waals surface area contributed by atoms with Crippen LogP contribution in [0.25, 0.3) is 6.08 Å². The van der Waals surface area contributed by atoms with Crippen LogP contribution < -0.4 is 0 Å². The molecule has 0 fully saturated rings. The van der Waals surface area contributed by atoms with E-state index >= 15 is 0 Å². The minimum atomic E-state index is -0.568. The van der Waals surface area contributed by atoms with E-state index in [1.807, 2.05) is 72.8 Å². The van der Waals surface area contributed by atoms with Gasteiger partial charge in [-0.25, -0.2) is 0 Å². The zero-order valence-corrected chi connectivity index (χ0v) is 13.7. The van der Waals surface area contributed by atoms with Crippen LogP contribution in [0.1, 0.15) is 30.4 Å². The Morgan fingerprint density at radius 2 is 1.58 bits per heavy atom. The highest BCUT2D eigenvalue weighted by molar-refractivity contribution is 6.09. The summed E-state index contributed by atoms with van der Waals surface area (Å²) in [6.45, 7) is 1.51. The Balaban J connectivity index is 1.90. The number of rotatable bonds is 4. The summed E-state index contributed by atoms with van der Waals surface area (Å²) in [6.07, 6.45) is 6.32. The van der Waals surface area contributed by atoms with Crippen LogP contribution in [-0.2, 0) is 9.59 Å². The Morgan fingerprint density at radius 3 is 2.21 bits per heavy atom. The predicted molar refractivity (Wildman–Crippen MR) is 96.5 cm³/mol. The molecule has 120 valence electrons. The number of hydrogen-bond acceptors (Lipinski definition) is 2. The third-order valence-corrected chi connectivity index (χ3v) is 4.45. The lowest BCUT2D eigenvalue weighted by atomic mass is 9.73. The van der Waals surface area contributed by atoms with Gasteiger partial charge in [0, 0.05) is 5.92 Å². The van der Waals surface area contributed by atoms with Crippen molar-refractivity contribution < 1.29 is 9.59 Å². The molecule has 2 aromatic rings. The summed E-state index contributed by atoms with van der Waals surface area (Å²) in [4.78, 5) is 24.5. The number of Topliss-reactive ketones (excluding diaryl/α,β-unsaturated/α-hetero) is 1. The molecule has 2 heteroatoms. The topological polar surface area (TPSA) is 34.1 Å². The van der Waals surface area contributed by atoms with Crippen LogP contribution in [0.5, 0.6) is 0 Å². The molecular weight excluding hydrogens is 296 g/mol. The molecular formula is C22H20O2. The molecule has 1 aliphatic rings. The van der Waals surface area contributed by atoms with Crippen molar-refractivity contribution in [1.82, 2.24) is 0 Å². The largest absolute Gasteiger partial charge is 0.299 e. The van der Waals surface area contributed by atoms with Crippen LogP contribution in [0.2, 0.25) is 0 Å². The molecule has 2 nitrogen and oxygen atoms in total. The molecule has 0 radical (unpaired) electrons. The fraction of sp³-hybridized carbons (Fsp3) is 0.182. The SMILES string of the molecule is CC(=O)[C@@H]1C(=O)C=C(/C=C/c2ccccc2)C[C@@H]1c1ccccc1. The lowest BCUT2D eigenvalue weighted by molar-refractivity contribution is -0.130. The van der Waals surface area contributed by atoms with Gasteiger partial charge in [0.1, 0.15) is 5.78 Å². The lowest BCUT2D eigenvalue weighted by Crippen LogP contribution is -2.31. The molecule has 1 aliphatic carbocycles. The Kier molecular flexibility index (Phi) is 4.85. The van der Waals surface area contributed by atoms with Gasteiger partial charge in [0.2, 0.25) is 0 Å². The lowest BCUT2D eigenvalue weighted by Gasteiger charge is -2.28. The Morgan fingerprint density at radius 1 is 0.958 bits per heavy atom. The molecule has 0 saturated heterocycles. The first-order valence-corrected chi connectivity index (χ1v) is 8.18. The summed E-state index contributed by atoms with van der Waals surface area (Å²) >= 11 is 0. The fourth-order valence-corrected chi connectivity index (χ4v) is 3.28. The van der Waals surface area contributed by atoms with Gasteiger partial charge in [-0.15, -0.1) is 0 Å². The van der Waals surface area contributed by atoms with E-state index in [-0.39, 0.29) is 17.5 Å². The number of hydrogen-bond donors (Lipinski definition) is 0. The summed E-state index contributed by atoms with van der Waals surface area (Å²) in [6, 6.07) is 19.8. The molecule has 0 N–H and O–H groups in total. The smallest absolute Gasteiger partial charge is 0.167 e. The van der Waals surface area contributed by atoms with Gasteiger partial charge >= 0.3 is 0 Å². The first-order valence-electron chi connectivity index (χ1n) is 8.18. The molecule has 0 aliphatic heterocycles. The van der Waals surface area contributed by atoms with E-state index in [1.165, 1.54) is 6.92 Å². The average molecular weight is 316 g/mol. The number of carbonyl (C=O) groups is 2. The Bertz CT molecular complexity index is 785. The maximum Gasteiger partial charge on any atom is 0.167 e. The molecule has 2 atom stereocenters. The standard InChI is InChI=1S/C22H20O2/c1-16(23)22-20(19-10-6-3-7-11-19)14-18(15-21(22)24)13-12-17-8-4-2-5-9-17/h2-13,15,20,22H,14H2,1H3/b13-12+/t20-,22+/m1/s1. The van der Waals surface area contributed by atoms with E-state index in [0.29, 0.717) is 6.42 Å². The molecule has 2 aromatic carbocycles. The van der Waals surface area contributed by atoms with Gasteiger partial charge in [0.25, 0.3) is 0 Å². The normalized spacial score (nSPS) is 20.9. The zero-order chi connectivity index (χ0) is 16.9. The summed E-state index contributed by atoms with van der Waals surface area (Å²) in [5, 5.41) is 0. The van der Waals surface area contributed by atoms with Crippen LogP contribution >= 0.6 is 0 Å². The molecule has 0 unspecified atom stereocenters. The second-order valence-electron chi connectivity index (χ2n) is 6.18. The number of carbonyl (C=O) groups excluding carboxylic acids is 2. The Hall–Kier alpha value is -2.74. The van der Waals surface area contributed by atoms with E-state index in [0.717, 1.165) is 16.7 Å². The van der Waals surface area contributed by atoms with Crippen molar-refractivity contribution in [1.29, 1.82) is 0 Å². The number of ketones is 2. The van der Waals surface area contributed by atoms with Crippen LogP contribution in [0.3, 0.4) is 0 Å². The third kappa shape index (κ3) is 3.60. The summed E-state index contributed by atoms with van der Waals surface area (Å²) in [5.41, 5.74) is 3.11. The molecule has 0 heterocycles. The van der Waals surface area contributed by atoms with Gasteiger partial charge < -0.3 is 0 Å². The Labute approximate surface area is 142 Å². The van der Waals surface area contributed by atoms with Crippen LogP contribution in [0.4, 0.5) is 0 Å². The molecule has 0 bridgehead atoms. The third-order valence-electron chi connectivity index (χ3n) is 4.45. The van der Waals surface area contributed by atoms with E-state index < -0.39 is 5.92 Å². The zero-order valence-electron chi connectivity index (χ0n) is 13.7. The van der Waals surface area contributed by atoms with Crippen LogP contribution in [0, 0.1) is 5.92 Å². The van der Waals surface area contributed by atoms with Crippen molar-refractivity contribution in [3.8, 4) is 0 Å². The first kappa shape index (κ1) is 16.1. The van der Waals surface area contributed by atoms with Crippen molar-refractivity contribution >= 4 is 17.6 Å². The van der Waals surface area contributed by atoms with E-state index in [9.17, 15) is 9.59 Å². The summed E-state index contributed by atoms with van der Waals surface area (Å²) in [5.74, 6) is -0.801. The van der Waals surface area contributed by atoms with E-state index in [2.05, 4.69) is 0 Å². The quantitative estimate of drug-likeness (QED) is 0.773. The van der Waals surface area contributed by atoms with E-state index in [1.54, 1.807) is 6.08 Å². The van der Waals surface area contributed by atoms with Crippen molar-refractivity contribution in [2.45, 2.75) is 19.3 Å². The molecule has 0 aromatic heterocycles. The van der Waals surface area contributed by atoms with Gasteiger partial charge in [-0.3, -0.25) is 9.59 Å². The molecule has 0 amide bonds. The number of benzene rings is 2. The van der Waals surface area contributed by atoms with Crippen molar-refractivity contribution in [2.75, 3.05) is 0 Å². The summed E-state index contributed by atoms with van der Waals surface area (Å²) < 4.78 is 0. The minimum absolute atomic E-state index is 0.0591. The maximum absolute atomic E-state index is 12.5. The van der Waals surface area contributed by atoms with Gasteiger partial charge in [-0.05, 0) is 36.1 Å². The fourth-order valence-electron chi connectivity index (χ4n) is 3.28. The predicted octanol–water partition coefficient (Wildman–Crippen LogP) is 4.59. The molecule has 24 heavy (non-hydrogen) atoms. The van der Waals surface area contributed by atoms with Crippen molar-refractivity contribution in [2.24, 2.45) is 5.92 Å². The van der Waals surface area contributed by atoms with Gasteiger partial charge in [0.15, 0.2) is 5.78 Å². The highest BCUT2D eigenvalue weighted by Gasteiger charge is 2.35. The first-order chi connectivity index (χ1) is 11.6. The van der Waals surface area contributed by atoms with E-state index in [4.69, 9.17) is 0 Å². The van der Waals surface area contributed by atoms with Gasteiger partial charge in [0.05, 0.1) is 5.92 Å². The second kappa shape index (κ2) is 7.22. The molecule has 0 spiro atoms. The summed E-state index contributed by atoms with van der Waals surface area (Å²) in [7, 11) is 0. The second-order valence-corrected chi connectivity index (χ2v) is 6.18. The van der Waals surface area contributed by atoms with Gasteiger partial charge in [-0.1, -0.05) is 72.8 Å². The highest BCUT2D eigenvalue weighted by atomic mass is 16.1. The number of allylic oxidation sites excluding steroid dienone is 3. The monoisotopic (exact) mass is 316 g/mol. The van der Waals surface area contributed by atoms with Gasteiger partial charge in [-0.2, -0.15) is 0 Å². The van der Waals surface area contributed by atoms with Crippen LogP contribution in [0.15, 0.2) is 78.4 Å². The van der Waals surface area contributed by atoms with Crippen molar-refractivity contribution in [3.63, 3.8) is 0 Å². The maximum atomic E-state index is 12.5. The average Bonchev–Trinajstić information content (AvgIpc) is 2.60. The van der Waals surface area contributed by atoms with Crippen molar-refractivity contribution in [3.05, 3.63) is 89.5 Å². The molecule has 0 saturated carbocycles. The van der Waals surface area contributed by atoms with Crippen LogP contribution in [-0.4, -0.2) is 11.6 Å².